The molecule has 0 saturated carbocycles. The number of aromatic nitrogens is 1. The summed E-state index contributed by atoms with van der Waals surface area (Å²) in [5.74, 6) is 0. The van der Waals surface area contributed by atoms with Crippen LogP contribution in [0.5, 0.6) is 0 Å². The lowest BCUT2D eigenvalue weighted by atomic mass is 9.90. The molecule has 3 aromatic carbocycles. The van der Waals surface area contributed by atoms with Gasteiger partial charge in [0.1, 0.15) is 0 Å². The maximum absolute atomic E-state index is 3.87. The molecule has 2 nitrogen and oxygen atoms in total. The normalized spacial score (nSPS) is 16.8. The number of hydrogen-bond acceptors (Lipinski definition) is 1. The second-order valence-electron chi connectivity index (χ2n) is 7.89. The quantitative estimate of drug-likeness (QED) is 0.378. The maximum atomic E-state index is 3.87. The Morgan fingerprint density at radius 2 is 1.62 bits per heavy atom. The van der Waals surface area contributed by atoms with Crippen molar-refractivity contribution in [3.8, 4) is 11.1 Å². The van der Waals surface area contributed by atoms with Crippen molar-refractivity contribution in [3.05, 3.63) is 95.7 Å². The van der Waals surface area contributed by atoms with Crippen LogP contribution in [0.2, 0.25) is 0 Å². The van der Waals surface area contributed by atoms with Gasteiger partial charge in [-0.25, -0.2) is 0 Å². The Bertz CT molecular complexity index is 1090. The highest BCUT2D eigenvalue weighted by Crippen LogP contribution is 2.37. The molecule has 1 aromatic heterocycles. The van der Waals surface area contributed by atoms with Gasteiger partial charge in [-0.3, -0.25) is 0 Å². The number of nitrogens with one attached hydrogen (secondary N) is 2. The van der Waals surface area contributed by atoms with Crippen molar-refractivity contribution in [2.45, 2.75) is 38.3 Å². The maximum Gasteiger partial charge on any atom is 0.0480 e. The van der Waals surface area contributed by atoms with Gasteiger partial charge in [-0.15, -0.1) is 12.4 Å². The van der Waals surface area contributed by atoms with Crippen molar-refractivity contribution >= 4 is 23.3 Å². The third-order valence-electron chi connectivity index (χ3n) is 6.07. The van der Waals surface area contributed by atoms with E-state index >= 15 is 0 Å². The first kappa shape index (κ1) is 19.8. The summed E-state index contributed by atoms with van der Waals surface area (Å²) in [5, 5.41) is 5.25. The number of H-pyrrole nitrogens is 1. The molecule has 1 aliphatic carbocycles. The summed E-state index contributed by atoms with van der Waals surface area (Å²) in [7, 11) is 0. The number of rotatable bonds is 4. The van der Waals surface area contributed by atoms with E-state index in [4.69, 9.17) is 0 Å². The van der Waals surface area contributed by atoms with Gasteiger partial charge < -0.3 is 10.3 Å². The predicted octanol–water partition coefficient (Wildman–Crippen LogP) is 6.98. The number of halogens is 1. The molecule has 0 aliphatic heterocycles. The number of hydrogen-bond donors (Lipinski definition) is 2. The summed E-state index contributed by atoms with van der Waals surface area (Å²) in [6, 6.07) is 29.0. The standard InChI is InChI=1S/C26H26N2.ClH/c1-18(19-9-4-2-5-10-19)27-25-14-8-13-22-23-17-21(20-11-6-3-7-12-20)15-16-24(23)28-26(22)25;/h2-7,9-12,15-18,25,27-28H,8,13-14H2,1H3;1H. The summed E-state index contributed by atoms with van der Waals surface area (Å²) in [5.41, 5.74) is 8.05. The molecule has 2 unspecified atom stereocenters. The Hall–Kier alpha value is -2.55. The Morgan fingerprint density at radius 3 is 2.38 bits per heavy atom. The zero-order valence-electron chi connectivity index (χ0n) is 16.7. The molecule has 0 amide bonds. The number of fused-ring (bicyclic) bond motifs is 3. The van der Waals surface area contributed by atoms with E-state index in [9.17, 15) is 0 Å². The van der Waals surface area contributed by atoms with E-state index in [2.05, 4.69) is 96.1 Å². The van der Waals surface area contributed by atoms with Crippen LogP contribution in [0.25, 0.3) is 22.0 Å². The third-order valence-corrected chi connectivity index (χ3v) is 6.07. The highest BCUT2D eigenvalue weighted by Gasteiger charge is 2.25. The molecule has 0 saturated heterocycles. The second kappa shape index (κ2) is 8.44. The summed E-state index contributed by atoms with van der Waals surface area (Å²) in [6.45, 7) is 2.26. The number of benzene rings is 3. The minimum Gasteiger partial charge on any atom is -0.357 e. The molecule has 2 atom stereocenters. The minimum absolute atomic E-state index is 0. The molecule has 1 aliphatic rings. The summed E-state index contributed by atoms with van der Waals surface area (Å²) in [4.78, 5) is 3.74. The second-order valence-corrected chi connectivity index (χ2v) is 7.89. The van der Waals surface area contributed by atoms with Gasteiger partial charge in [0.05, 0.1) is 0 Å². The highest BCUT2D eigenvalue weighted by molar-refractivity contribution is 5.89. The molecule has 1 heterocycles. The molecular weight excluding hydrogens is 376 g/mol. The van der Waals surface area contributed by atoms with Crippen LogP contribution in [-0.2, 0) is 6.42 Å². The van der Waals surface area contributed by atoms with Gasteiger partial charge in [0.15, 0.2) is 0 Å². The van der Waals surface area contributed by atoms with Crippen molar-refractivity contribution < 1.29 is 0 Å². The largest absolute Gasteiger partial charge is 0.357 e. The minimum atomic E-state index is 0. The Morgan fingerprint density at radius 1 is 0.897 bits per heavy atom. The van der Waals surface area contributed by atoms with E-state index in [0.29, 0.717) is 12.1 Å². The van der Waals surface area contributed by atoms with Crippen molar-refractivity contribution in [1.82, 2.24) is 10.3 Å². The topological polar surface area (TPSA) is 27.8 Å². The van der Waals surface area contributed by atoms with Gasteiger partial charge >= 0.3 is 0 Å². The van der Waals surface area contributed by atoms with Crippen LogP contribution < -0.4 is 5.32 Å². The lowest BCUT2D eigenvalue weighted by molar-refractivity contribution is 0.410. The van der Waals surface area contributed by atoms with Crippen LogP contribution in [0.15, 0.2) is 78.9 Å². The molecule has 3 heteroatoms. The fourth-order valence-electron chi connectivity index (χ4n) is 4.58. The number of aryl methyl sites for hydroxylation is 1. The van der Waals surface area contributed by atoms with Crippen LogP contribution in [-0.4, -0.2) is 4.98 Å². The van der Waals surface area contributed by atoms with Gasteiger partial charge in [-0.1, -0.05) is 66.7 Å². The van der Waals surface area contributed by atoms with Crippen LogP contribution in [0.3, 0.4) is 0 Å². The third kappa shape index (κ3) is 3.83. The van der Waals surface area contributed by atoms with E-state index in [-0.39, 0.29) is 12.4 Å². The smallest absolute Gasteiger partial charge is 0.0480 e. The van der Waals surface area contributed by atoms with E-state index in [1.165, 1.54) is 51.7 Å². The molecular formula is C26H27ClN2. The summed E-state index contributed by atoms with van der Waals surface area (Å²) >= 11 is 0. The summed E-state index contributed by atoms with van der Waals surface area (Å²) < 4.78 is 0. The molecule has 29 heavy (non-hydrogen) atoms. The zero-order valence-corrected chi connectivity index (χ0v) is 17.5. The van der Waals surface area contributed by atoms with Crippen molar-refractivity contribution in [1.29, 1.82) is 0 Å². The fraction of sp³-hybridized carbons (Fsp3) is 0.231. The molecule has 0 bridgehead atoms. The monoisotopic (exact) mass is 402 g/mol. The molecule has 0 fully saturated rings. The van der Waals surface area contributed by atoms with Crippen LogP contribution in [0.4, 0.5) is 0 Å². The van der Waals surface area contributed by atoms with Gasteiger partial charge in [0.25, 0.3) is 0 Å². The first-order chi connectivity index (χ1) is 13.8. The average molecular weight is 403 g/mol. The molecule has 2 N–H and O–H groups in total. The van der Waals surface area contributed by atoms with Crippen LogP contribution in [0, 0.1) is 0 Å². The van der Waals surface area contributed by atoms with Gasteiger partial charge in [0.2, 0.25) is 0 Å². The Labute approximate surface area is 178 Å². The SMILES string of the molecule is CC(NC1CCCc2c1[nH]c1ccc(-c3ccccc3)cc21)c1ccccc1.Cl. The van der Waals surface area contributed by atoms with Crippen molar-refractivity contribution in [2.24, 2.45) is 0 Å². The van der Waals surface area contributed by atoms with Gasteiger partial charge in [-0.05, 0) is 60.6 Å². The highest BCUT2D eigenvalue weighted by atomic mass is 35.5. The fourth-order valence-corrected chi connectivity index (χ4v) is 4.58. The van der Waals surface area contributed by atoms with E-state index < -0.39 is 0 Å². The lowest BCUT2D eigenvalue weighted by Gasteiger charge is -2.27. The lowest BCUT2D eigenvalue weighted by Crippen LogP contribution is -2.27. The van der Waals surface area contributed by atoms with E-state index in [1.54, 1.807) is 0 Å². The van der Waals surface area contributed by atoms with E-state index in [1.807, 2.05) is 0 Å². The van der Waals surface area contributed by atoms with Crippen LogP contribution in [0.1, 0.15) is 48.7 Å². The molecule has 148 valence electrons. The Balaban J connectivity index is 0.00000205. The van der Waals surface area contributed by atoms with Crippen molar-refractivity contribution in [2.75, 3.05) is 0 Å². The van der Waals surface area contributed by atoms with Crippen molar-refractivity contribution in [3.63, 3.8) is 0 Å². The molecule has 5 rings (SSSR count). The summed E-state index contributed by atoms with van der Waals surface area (Å²) in [6.07, 6.45) is 3.57. The first-order valence-corrected chi connectivity index (χ1v) is 10.3. The zero-order chi connectivity index (χ0) is 18.9. The molecule has 4 aromatic rings. The first-order valence-electron chi connectivity index (χ1n) is 10.3. The predicted molar refractivity (Wildman–Crippen MR) is 125 cm³/mol. The van der Waals surface area contributed by atoms with E-state index in [0.717, 1.165) is 6.42 Å². The molecule has 0 spiro atoms. The average Bonchev–Trinajstić information content (AvgIpc) is 3.14. The van der Waals surface area contributed by atoms with Crippen LogP contribution >= 0.6 is 12.4 Å². The molecule has 0 radical (unpaired) electrons. The number of aromatic amines is 1. The van der Waals surface area contributed by atoms with Gasteiger partial charge in [-0.2, -0.15) is 0 Å². The Kier molecular flexibility index (Phi) is 5.75. The van der Waals surface area contributed by atoms with Gasteiger partial charge in [0, 0.05) is 28.7 Å².